The van der Waals surface area contributed by atoms with E-state index in [9.17, 15) is 14.7 Å². The first kappa shape index (κ1) is 23.8. The van der Waals surface area contributed by atoms with Crippen LogP contribution in [0.3, 0.4) is 0 Å². The molecule has 1 fully saturated rings. The summed E-state index contributed by atoms with van der Waals surface area (Å²) in [5.74, 6) is -1.97. The van der Waals surface area contributed by atoms with Gasteiger partial charge in [0.25, 0.3) is 5.91 Å². The van der Waals surface area contributed by atoms with E-state index < -0.39 is 17.9 Å². The fourth-order valence-electron chi connectivity index (χ4n) is 4.35. The summed E-state index contributed by atoms with van der Waals surface area (Å²) < 4.78 is 0. The Hall–Kier alpha value is -2.90. The first-order valence-corrected chi connectivity index (χ1v) is 11.1. The smallest absolute Gasteiger partial charge is 0.272 e. The third kappa shape index (κ3) is 5.47. The lowest BCUT2D eigenvalue weighted by molar-refractivity contribution is -0.152. The van der Waals surface area contributed by atoms with Crippen LogP contribution >= 0.6 is 0 Å². The molecule has 0 unspecified atom stereocenters. The van der Waals surface area contributed by atoms with E-state index in [0.29, 0.717) is 26.1 Å². The van der Waals surface area contributed by atoms with Gasteiger partial charge >= 0.3 is 0 Å². The van der Waals surface area contributed by atoms with E-state index in [0.717, 1.165) is 11.3 Å². The maximum atomic E-state index is 13.2. The quantitative estimate of drug-likeness (QED) is 0.456. The Morgan fingerprint density at radius 3 is 2.22 bits per heavy atom. The molecule has 1 heterocycles. The zero-order valence-corrected chi connectivity index (χ0v) is 18.9. The monoisotopic (exact) mass is 439 g/mol. The number of benzene rings is 2. The van der Waals surface area contributed by atoms with E-state index >= 15 is 0 Å². The van der Waals surface area contributed by atoms with Crippen LogP contribution < -0.4 is 10.4 Å². The number of hydrogen-bond donors (Lipinski definition) is 3. The van der Waals surface area contributed by atoms with Gasteiger partial charge < -0.3 is 14.9 Å². The molecule has 0 saturated carbocycles. The van der Waals surface area contributed by atoms with Crippen LogP contribution in [0.2, 0.25) is 0 Å². The number of carbonyl (C=O) groups excluding carboxylic acids is 2. The van der Waals surface area contributed by atoms with Crippen LogP contribution in [0, 0.1) is 11.8 Å². The maximum absolute atomic E-state index is 13.2. The molecule has 172 valence electrons. The highest BCUT2D eigenvalue weighted by Gasteiger charge is 2.38. The van der Waals surface area contributed by atoms with Crippen molar-refractivity contribution in [1.82, 2.24) is 10.4 Å². The van der Waals surface area contributed by atoms with Gasteiger partial charge in [0.1, 0.15) is 6.10 Å². The normalized spacial score (nSPS) is 18.4. The summed E-state index contributed by atoms with van der Waals surface area (Å²) in [7, 11) is 0. The van der Waals surface area contributed by atoms with Crippen molar-refractivity contribution in [3.05, 3.63) is 54.6 Å². The molecule has 0 bridgehead atoms. The van der Waals surface area contributed by atoms with E-state index in [1.807, 2.05) is 39.0 Å². The van der Waals surface area contributed by atoms with Crippen molar-refractivity contribution in [2.45, 2.75) is 39.3 Å². The predicted octanol–water partition coefficient (Wildman–Crippen LogP) is 2.92. The molecule has 3 N–H and O–H groups in total. The highest BCUT2D eigenvalue weighted by molar-refractivity contribution is 5.89. The molecule has 3 atom stereocenters. The lowest BCUT2D eigenvalue weighted by Gasteiger charge is -2.42. The number of nitrogens with zero attached hydrogens (tertiary/aromatic N) is 2. The molecular weight excluding hydrogens is 406 g/mol. The summed E-state index contributed by atoms with van der Waals surface area (Å²) >= 11 is 0. The molecule has 0 spiro atoms. The number of rotatable bonds is 7. The first-order valence-electron chi connectivity index (χ1n) is 11.1. The van der Waals surface area contributed by atoms with Crippen molar-refractivity contribution in [3.8, 4) is 11.1 Å². The number of hydroxylamine groups is 1. The lowest BCUT2D eigenvalue weighted by Crippen LogP contribution is -2.57. The molecule has 3 rings (SSSR count). The van der Waals surface area contributed by atoms with Crippen molar-refractivity contribution < 1.29 is 19.9 Å². The Morgan fingerprint density at radius 2 is 1.66 bits per heavy atom. The van der Waals surface area contributed by atoms with Gasteiger partial charge in [-0.1, -0.05) is 56.3 Å². The Kier molecular flexibility index (Phi) is 7.88. The second kappa shape index (κ2) is 10.6. The zero-order valence-electron chi connectivity index (χ0n) is 18.9. The van der Waals surface area contributed by atoms with Crippen molar-refractivity contribution in [2.75, 3.05) is 24.5 Å². The van der Waals surface area contributed by atoms with E-state index in [1.54, 1.807) is 4.90 Å². The van der Waals surface area contributed by atoms with Crippen molar-refractivity contribution >= 4 is 17.5 Å². The van der Waals surface area contributed by atoms with E-state index in [2.05, 4.69) is 41.3 Å². The van der Waals surface area contributed by atoms with Crippen LogP contribution in [0.1, 0.15) is 27.2 Å². The minimum atomic E-state index is -1.58. The number of aliphatic hydroxyl groups is 1. The Morgan fingerprint density at radius 1 is 1.03 bits per heavy atom. The number of anilines is 1. The molecule has 2 amide bonds. The second-order valence-corrected chi connectivity index (χ2v) is 8.90. The van der Waals surface area contributed by atoms with Gasteiger partial charge in [0, 0.05) is 31.4 Å². The SMILES string of the molecule is CC(C)C[C@H](C(=O)N1CCN(c2ccc(-c3ccccc3)cc2)C[C@H]1C)[C@H](O)C(=O)NO. The Labute approximate surface area is 189 Å². The fraction of sp³-hybridized carbons (Fsp3) is 0.440. The summed E-state index contributed by atoms with van der Waals surface area (Å²) in [4.78, 5) is 29.0. The van der Waals surface area contributed by atoms with E-state index in [4.69, 9.17) is 5.21 Å². The largest absolute Gasteiger partial charge is 0.382 e. The van der Waals surface area contributed by atoms with Gasteiger partial charge in [0.2, 0.25) is 5.91 Å². The molecule has 7 nitrogen and oxygen atoms in total. The lowest BCUT2D eigenvalue weighted by atomic mass is 9.89. The number of amides is 2. The molecule has 0 aromatic heterocycles. The molecule has 2 aromatic rings. The van der Waals surface area contributed by atoms with Crippen LogP contribution in [-0.4, -0.2) is 58.8 Å². The van der Waals surface area contributed by atoms with E-state index in [1.165, 1.54) is 11.0 Å². The number of hydrogen-bond acceptors (Lipinski definition) is 5. The summed E-state index contributed by atoms with van der Waals surface area (Å²) in [5, 5.41) is 19.2. The average Bonchev–Trinajstić information content (AvgIpc) is 2.81. The van der Waals surface area contributed by atoms with Gasteiger partial charge in [-0.25, -0.2) is 5.48 Å². The number of piperazine rings is 1. The van der Waals surface area contributed by atoms with Gasteiger partial charge in [0.15, 0.2) is 0 Å². The van der Waals surface area contributed by atoms with Crippen LogP contribution in [0.25, 0.3) is 11.1 Å². The number of carbonyl (C=O) groups is 2. The first-order chi connectivity index (χ1) is 15.3. The molecule has 2 aromatic carbocycles. The number of aliphatic hydroxyl groups excluding tert-OH is 1. The Balaban J connectivity index is 1.68. The fourth-order valence-corrected chi connectivity index (χ4v) is 4.35. The van der Waals surface area contributed by atoms with Crippen molar-refractivity contribution in [2.24, 2.45) is 11.8 Å². The molecule has 1 aliphatic rings. The van der Waals surface area contributed by atoms with Gasteiger partial charge in [-0.3, -0.25) is 14.8 Å². The zero-order chi connectivity index (χ0) is 23.3. The van der Waals surface area contributed by atoms with E-state index in [-0.39, 0.29) is 17.9 Å². The third-order valence-electron chi connectivity index (χ3n) is 6.05. The molecule has 32 heavy (non-hydrogen) atoms. The molecule has 7 heteroatoms. The van der Waals surface area contributed by atoms with Crippen molar-refractivity contribution in [3.63, 3.8) is 0 Å². The molecular formula is C25H33N3O4. The minimum Gasteiger partial charge on any atom is -0.382 e. The Bertz CT molecular complexity index is 901. The van der Waals surface area contributed by atoms with Gasteiger partial charge in [0.05, 0.1) is 5.92 Å². The summed E-state index contributed by atoms with van der Waals surface area (Å²) in [5.41, 5.74) is 4.89. The van der Waals surface area contributed by atoms with Crippen molar-refractivity contribution in [1.29, 1.82) is 0 Å². The van der Waals surface area contributed by atoms with Gasteiger partial charge in [-0.2, -0.15) is 0 Å². The van der Waals surface area contributed by atoms with Crippen LogP contribution in [0.5, 0.6) is 0 Å². The molecule has 0 aliphatic carbocycles. The highest BCUT2D eigenvalue weighted by atomic mass is 16.5. The predicted molar refractivity (Wildman–Crippen MR) is 124 cm³/mol. The number of nitrogens with one attached hydrogen (secondary N) is 1. The standard InChI is InChI=1S/C25H33N3O4/c1-17(2)15-22(23(29)24(30)26-32)25(31)28-14-13-27(16-18(28)3)21-11-9-20(10-12-21)19-7-5-4-6-8-19/h4-12,17-18,22-23,29,32H,13-16H2,1-3H3,(H,26,30)/t18-,22+,23+/m1/s1. The second-order valence-electron chi connectivity index (χ2n) is 8.90. The third-order valence-corrected chi connectivity index (χ3v) is 6.05. The maximum Gasteiger partial charge on any atom is 0.272 e. The average molecular weight is 440 g/mol. The van der Waals surface area contributed by atoms with Crippen LogP contribution in [-0.2, 0) is 9.59 Å². The van der Waals surface area contributed by atoms with Crippen LogP contribution in [0.15, 0.2) is 54.6 Å². The van der Waals surface area contributed by atoms with Gasteiger partial charge in [-0.05, 0) is 42.5 Å². The molecule has 0 radical (unpaired) electrons. The highest BCUT2D eigenvalue weighted by Crippen LogP contribution is 2.27. The van der Waals surface area contributed by atoms with Crippen LogP contribution in [0.4, 0.5) is 5.69 Å². The summed E-state index contributed by atoms with van der Waals surface area (Å²) in [6, 6.07) is 18.5. The molecule has 1 saturated heterocycles. The van der Waals surface area contributed by atoms with Gasteiger partial charge in [-0.15, -0.1) is 0 Å². The molecule has 1 aliphatic heterocycles. The topological polar surface area (TPSA) is 93.1 Å². The summed E-state index contributed by atoms with van der Waals surface area (Å²) in [6.45, 7) is 7.68. The minimum absolute atomic E-state index is 0.0795. The summed E-state index contributed by atoms with van der Waals surface area (Å²) in [6.07, 6.45) is -1.22.